The minimum Gasteiger partial charge on any atom is -0.390 e. The Morgan fingerprint density at radius 3 is 2.83 bits per heavy atom. The molecular weight excluding hydrogens is 274 g/mol. The number of hydrogen-bond acceptors (Lipinski definition) is 5. The molecule has 3 N–H and O–H groups in total. The summed E-state index contributed by atoms with van der Waals surface area (Å²) in [4.78, 5) is 16.9. The van der Waals surface area contributed by atoms with Crippen molar-refractivity contribution in [2.45, 2.75) is 32.4 Å². The van der Waals surface area contributed by atoms with Gasteiger partial charge in [0.25, 0.3) is 5.91 Å². The third kappa shape index (κ3) is 3.41. The van der Waals surface area contributed by atoms with Crippen LogP contribution < -0.4 is 10.6 Å². The Kier molecular flexibility index (Phi) is 5.52. The normalized spacial score (nSPS) is 23.3. The van der Waals surface area contributed by atoms with Gasteiger partial charge in [-0.15, -0.1) is 23.7 Å². The lowest BCUT2D eigenvalue weighted by Gasteiger charge is -2.28. The first-order chi connectivity index (χ1) is 8.08. The quantitative estimate of drug-likeness (QED) is 0.747. The molecule has 0 aliphatic carbocycles. The summed E-state index contributed by atoms with van der Waals surface area (Å²) in [6.45, 7) is 5.07. The standard InChI is InChI=1S/C11H17N3O2S.ClH/c1-6-10(17-7(2)13-6)11(16)14-8-3-4-12-5-9(8)15;/h8-9,12,15H,3-5H2,1-2H3,(H,14,16);1H/t8-,9-;/m1./s1. The van der Waals surface area contributed by atoms with E-state index in [1.807, 2.05) is 13.8 Å². The van der Waals surface area contributed by atoms with Gasteiger partial charge in [0.15, 0.2) is 0 Å². The Morgan fingerprint density at radius 1 is 1.56 bits per heavy atom. The number of carbonyl (C=O) groups is 1. The largest absolute Gasteiger partial charge is 0.390 e. The number of nitrogens with one attached hydrogen (secondary N) is 2. The third-order valence-electron chi connectivity index (χ3n) is 2.88. The molecule has 0 unspecified atom stereocenters. The highest BCUT2D eigenvalue weighted by Crippen LogP contribution is 2.17. The van der Waals surface area contributed by atoms with Crippen molar-refractivity contribution in [3.63, 3.8) is 0 Å². The molecule has 1 aliphatic heterocycles. The van der Waals surface area contributed by atoms with Crippen molar-refractivity contribution in [1.29, 1.82) is 0 Å². The van der Waals surface area contributed by atoms with Crippen LogP contribution in [0.3, 0.4) is 0 Å². The summed E-state index contributed by atoms with van der Waals surface area (Å²) < 4.78 is 0. The third-order valence-corrected chi connectivity index (χ3v) is 3.95. The molecule has 2 heterocycles. The van der Waals surface area contributed by atoms with E-state index >= 15 is 0 Å². The number of nitrogens with zero attached hydrogens (tertiary/aromatic N) is 1. The fourth-order valence-electron chi connectivity index (χ4n) is 1.99. The van der Waals surface area contributed by atoms with Crippen LogP contribution in [0.15, 0.2) is 0 Å². The molecule has 1 amide bonds. The minimum atomic E-state index is -0.512. The molecule has 1 fully saturated rings. The number of halogens is 1. The summed E-state index contributed by atoms with van der Waals surface area (Å²) in [5, 5.41) is 16.6. The molecule has 0 saturated carbocycles. The van der Waals surface area contributed by atoms with Crippen LogP contribution in [0.1, 0.15) is 26.8 Å². The Balaban J connectivity index is 0.00000162. The Morgan fingerprint density at radius 2 is 2.28 bits per heavy atom. The van der Waals surface area contributed by atoms with Crippen LogP contribution >= 0.6 is 23.7 Å². The second kappa shape index (κ2) is 6.47. The lowest BCUT2D eigenvalue weighted by molar-refractivity contribution is 0.0768. The van der Waals surface area contributed by atoms with Crippen molar-refractivity contribution in [2.24, 2.45) is 0 Å². The van der Waals surface area contributed by atoms with E-state index in [9.17, 15) is 9.90 Å². The smallest absolute Gasteiger partial charge is 0.263 e. The maximum atomic E-state index is 12.0. The highest BCUT2D eigenvalue weighted by Gasteiger charge is 2.25. The Labute approximate surface area is 116 Å². The van der Waals surface area contributed by atoms with Crippen LogP contribution in [0.2, 0.25) is 0 Å². The van der Waals surface area contributed by atoms with Gasteiger partial charge in [-0.1, -0.05) is 0 Å². The van der Waals surface area contributed by atoms with Gasteiger partial charge in [0.2, 0.25) is 0 Å². The summed E-state index contributed by atoms with van der Waals surface area (Å²) in [5.74, 6) is -0.126. The van der Waals surface area contributed by atoms with Crippen LogP contribution in [0.25, 0.3) is 0 Å². The molecule has 102 valence electrons. The van der Waals surface area contributed by atoms with Gasteiger partial charge in [-0.3, -0.25) is 4.79 Å². The lowest BCUT2D eigenvalue weighted by Crippen LogP contribution is -2.52. The van der Waals surface area contributed by atoms with Crippen molar-refractivity contribution < 1.29 is 9.90 Å². The first-order valence-corrected chi connectivity index (χ1v) is 6.53. The number of aromatic nitrogens is 1. The molecule has 2 atom stereocenters. The summed E-state index contributed by atoms with van der Waals surface area (Å²) in [6.07, 6.45) is 0.242. The maximum Gasteiger partial charge on any atom is 0.263 e. The van der Waals surface area contributed by atoms with Gasteiger partial charge in [-0.25, -0.2) is 4.98 Å². The molecule has 0 bridgehead atoms. The maximum absolute atomic E-state index is 12.0. The fraction of sp³-hybridized carbons (Fsp3) is 0.636. The van der Waals surface area contributed by atoms with Gasteiger partial charge in [-0.2, -0.15) is 0 Å². The first kappa shape index (κ1) is 15.4. The minimum absolute atomic E-state index is 0. The molecule has 1 aromatic heterocycles. The molecular formula is C11H18ClN3O2S. The van der Waals surface area contributed by atoms with Crippen LogP contribution in [0, 0.1) is 13.8 Å². The SMILES string of the molecule is Cc1nc(C)c(C(=O)N[C@@H]2CCNC[C@H]2O)s1.Cl. The van der Waals surface area contributed by atoms with E-state index in [4.69, 9.17) is 0 Å². The number of carbonyl (C=O) groups excluding carboxylic acids is 1. The van der Waals surface area contributed by atoms with E-state index in [0.717, 1.165) is 23.7 Å². The van der Waals surface area contributed by atoms with Gasteiger partial charge in [0, 0.05) is 6.54 Å². The number of piperidine rings is 1. The number of aryl methyl sites for hydroxylation is 2. The van der Waals surface area contributed by atoms with Gasteiger partial charge in [0.1, 0.15) is 4.88 Å². The van der Waals surface area contributed by atoms with Gasteiger partial charge in [-0.05, 0) is 26.8 Å². The number of β-amino-alcohol motifs (C(OH)–C–C–N with tert-alkyl or cyclic N) is 1. The van der Waals surface area contributed by atoms with Crippen LogP contribution in [0.5, 0.6) is 0 Å². The average molecular weight is 292 g/mol. The van der Waals surface area contributed by atoms with Crippen molar-refractivity contribution in [3.05, 3.63) is 15.6 Å². The molecule has 0 spiro atoms. The first-order valence-electron chi connectivity index (χ1n) is 5.71. The summed E-state index contributed by atoms with van der Waals surface area (Å²) >= 11 is 1.39. The van der Waals surface area contributed by atoms with E-state index in [1.54, 1.807) is 0 Å². The van der Waals surface area contributed by atoms with E-state index in [2.05, 4.69) is 15.6 Å². The number of thiazole rings is 1. The molecule has 18 heavy (non-hydrogen) atoms. The summed E-state index contributed by atoms with van der Waals surface area (Å²) in [7, 11) is 0. The van der Waals surface area contributed by atoms with Crippen LogP contribution in [-0.2, 0) is 0 Å². The van der Waals surface area contributed by atoms with E-state index in [0.29, 0.717) is 11.4 Å². The van der Waals surface area contributed by atoms with Crippen molar-refractivity contribution in [1.82, 2.24) is 15.6 Å². The zero-order chi connectivity index (χ0) is 12.4. The Hall–Kier alpha value is -0.690. The number of amides is 1. The zero-order valence-corrected chi connectivity index (χ0v) is 12.0. The lowest BCUT2D eigenvalue weighted by atomic mass is 10.0. The number of rotatable bonds is 2. The molecule has 7 heteroatoms. The second-order valence-corrected chi connectivity index (χ2v) is 5.49. The number of hydrogen-bond donors (Lipinski definition) is 3. The topological polar surface area (TPSA) is 74.2 Å². The molecule has 2 rings (SSSR count). The fourth-order valence-corrected chi connectivity index (χ4v) is 2.81. The highest BCUT2D eigenvalue weighted by molar-refractivity contribution is 7.13. The van der Waals surface area contributed by atoms with E-state index in [-0.39, 0.29) is 24.4 Å². The molecule has 1 aromatic rings. The molecule has 1 saturated heterocycles. The van der Waals surface area contributed by atoms with Gasteiger partial charge >= 0.3 is 0 Å². The van der Waals surface area contributed by atoms with E-state index in [1.165, 1.54) is 11.3 Å². The number of aliphatic hydroxyl groups excluding tert-OH is 1. The van der Waals surface area contributed by atoms with Crippen LogP contribution in [0.4, 0.5) is 0 Å². The average Bonchev–Trinajstić information content (AvgIpc) is 2.61. The summed E-state index contributed by atoms with van der Waals surface area (Å²) in [5.41, 5.74) is 0.758. The van der Waals surface area contributed by atoms with Gasteiger partial charge < -0.3 is 15.7 Å². The molecule has 1 aliphatic rings. The predicted molar refractivity (Wildman–Crippen MR) is 73.6 cm³/mol. The predicted octanol–water partition coefficient (Wildman–Crippen LogP) is 0.634. The molecule has 5 nitrogen and oxygen atoms in total. The monoisotopic (exact) mass is 291 g/mol. The highest BCUT2D eigenvalue weighted by atomic mass is 35.5. The van der Waals surface area contributed by atoms with Crippen molar-refractivity contribution in [3.8, 4) is 0 Å². The van der Waals surface area contributed by atoms with Gasteiger partial charge in [0.05, 0.1) is 22.8 Å². The Bertz CT molecular complexity index is 424. The van der Waals surface area contributed by atoms with Crippen molar-refractivity contribution in [2.75, 3.05) is 13.1 Å². The second-order valence-electron chi connectivity index (χ2n) is 4.29. The number of aliphatic hydroxyl groups is 1. The molecule has 0 radical (unpaired) electrons. The van der Waals surface area contributed by atoms with E-state index < -0.39 is 6.10 Å². The van der Waals surface area contributed by atoms with Crippen molar-refractivity contribution >= 4 is 29.7 Å². The summed E-state index contributed by atoms with van der Waals surface area (Å²) in [6, 6.07) is -0.162. The van der Waals surface area contributed by atoms with Crippen LogP contribution in [-0.4, -0.2) is 41.2 Å². The molecule has 0 aromatic carbocycles. The zero-order valence-electron chi connectivity index (χ0n) is 10.4.